The first-order chi connectivity index (χ1) is 31.6. The van der Waals surface area contributed by atoms with Gasteiger partial charge in [-0.05, 0) is 89.9 Å². The zero-order valence-corrected chi connectivity index (χ0v) is 42.1. The largest absolute Gasteiger partial charge is 0.545 e. The number of nitrogens with zero attached hydrogens (tertiary/aromatic N) is 1. The smallest absolute Gasteiger partial charge is 0.306 e. The molecule has 372 valence electrons. The number of carbonyl (C=O) groups is 3. The van der Waals surface area contributed by atoms with Gasteiger partial charge in [0.25, 0.3) is 0 Å². The van der Waals surface area contributed by atoms with Gasteiger partial charge >= 0.3 is 11.9 Å². The van der Waals surface area contributed by atoms with Crippen LogP contribution >= 0.6 is 0 Å². The number of rotatable bonds is 46. The van der Waals surface area contributed by atoms with Crippen molar-refractivity contribution in [3.63, 3.8) is 0 Å². The van der Waals surface area contributed by atoms with Gasteiger partial charge in [0.1, 0.15) is 13.2 Å². The van der Waals surface area contributed by atoms with Gasteiger partial charge in [0.05, 0.1) is 40.3 Å². The number of aliphatic carboxylic acids is 1. The van der Waals surface area contributed by atoms with Crippen molar-refractivity contribution in [2.45, 2.75) is 206 Å². The molecule has 0 aliphatic rings. The summed E-state index contributed by atoms with van der Waals surface area (Å²) in [6, 6.07) is 0. The quantitative estimate of drug-likeness (QED) is 0.0195. The average molecular weight is 910 g/mol. The summed E-state index contributed by atoms with van der Waals surface area (Å²) in [5, 5.41) is 11.7. The van der Waals surface area contributed by atoms with E-state index in [9.17, 15) is 19.5 Å². The highest BCUT2D eigenvalue weighted by Crippen LogP contribution is 2.14. The van der Waals surface area contributed by atoms with Crippen LogP contribution in [0.25, 0.3) is 0 Å². The molecule has 0 fully saturated rings. The summed E-state index contributed by atoms with van der Waals surface area (Å²) >= 11 is 0. The molecule has 0 spiro atoms. The van der Waals surface area contributed by atoms with E-state index in [2.05, 4.69) is 98.9 Å². The number of allylic oxidation sites excluding steroid dienone is 14. The number of hydrogen-bond acceptors (Lipinski definition) is 8. The Morgan fingerprint density at radius 2 is 0.877 bits per heavy atom. The molecule has 0 aliphatic carbocycles. The van der Waals surface area contributed by atoms with Crippen LogP contribution in [0.4, 0.5) is 0 Å². The van der Waals surface area contributed by atoms with Crippen LogP contribution < -0.4 is 5.11 Å². The molecule has 0 aromatic heterocycles. The SMILES string of the molecule is CC/C=C\C/C=C\C/C=C\C/C=C\C/C=C\C/C=C\CCCCC(=O)OC(COC(=O)CCCCCCCCCCC/C=C\CCCCCCCC)COC(OCC[N+](C)(C)C)C(=O)[O-]. The summed E-state index contributed by atoms with van der Waals surface area (Å²) in [7, 11) is 5.89. The van der Waals surface area contributed by atoms with Gasteiger partial charge in [-0.25, -0.2) is 0 Å². The van der Waals surface area contributed by atoms with Crippen LogP contribution in [-0.4, -0.2) is 82.3 Å². The van der Waals surface area contributed by atoms with E-state index < -0.39 is 24.3 Å². The van der Waals surface area contributed by atoms with E-state index in [1.807, 2.05) is 21.1 Å². The Morgan fingerprint density at radius 3 is 1.35 bits per heavy atom. The molecule has 2 atom stereocenters. The monoisotopic (exact) mass is 910 g/mol. The fourth-order valence-electron chi connectivity index (χ4n) is 6.65. The minimum absolute atomic E-state index is 0.135. The Morgan fingerprint density at radius 1 is 0.477 bits per heavy atom. The molecule has 0 saturated carbocycles. The Labute approximate surface area is 398 Å². The molecule has 2 unspecified atom stereocenters. The number of quaternary nitrogens is 1. The lowest BCUT2D eigenvalue weighted by molar-refractivity contribution is -0.870. The average Bonchev–Trinajstić information content (AvgIpc) is 3.27. The van der Waals surface area contributed by atoms with Crippen LogP contribution in [0.5, 0.6) is 0 Å². The molecule has 0 amide bonds. The summed E-state index contributed by atoms with van der Waals surface area (Å²) in [6.45, 7) is 4.56. The second-order valence-corrected chi connectivity index (χ2v) is 18.1. The van der Waals surface area contributed by atoms with E-state index in [1.165, 1.54) is 89.9 Å². The number of carboxylic acids is 1. The van der Waals surface area contributed by atoms with Gasteiger partial charge in [-0.1, -0.05) is 176 Å². The maximum absolute atomic E-state index is 12.8. The highest BCUT2D eigenvalue weighted by Gasteiger charge is 2.21. The minimum atomic E-state index is -1.64. The third-order valence-electron chi connectivity index (χ3n) is 10.6. The Balaban J connectivity index is 4.45. The standard InChI is InChI=1S/C56H95NO8/c1-6-8-10-12-14-16-18-20-22-24-26-27-29-31-33-35-37-39-41-43-45-47-54(59)65-52(51-64-56(55(60)61)62-49-48-57(3,4)5)50-63-53(58)46-44-42-40-38-36-34-32-30-28-25-23-21-19-17-15-13-11-9-7-2/h8,10,14,16,20-23,26-27,31,33,37,39,52,56H,6-7,9,11-13,15,17-19,24-25,28-30,32,34-36,38,40-51H2,1-5H3/b10-8-,16-14-,22-20-,23-21-,27-26-,33-31-,39-37-. The third kappa shape index (κ3) is 48.2. The predicted molar refractivity (Wildman–Crippen MR) is 269 cm³/mol. The minimum Gasteiger partial charge on any atom is -0.545 e. The number of hydrogen-bond donors (Lipinski definition) is 0. The van der Waals surface area contributed by atoms with Crippen molar-refractivity contribution in [1.29, 1.82) is 0 Å². The third-order valence-corrected chi connectivity index (χ3v) is 10.6. The van der Waals surface area contributed by atoms with E-state index in [-0.39, 0.29) is 38.6 Å². The van der Waals surface area contributed by atoms with E-state index in [0.29, 0.717) is 17.4 Å². The first kappa shape index (κ1) is 61.5. The molecule has 0 aromatic carbocycles. The molecule has 0 aliphatic heterocycles. The molecule has 9 heteroatoms. The molecule has 0 bridgehead atoms. The molecule has 0 N–H and O–H groups in total. The summed E-state index contributed by atoms with van der Waals surface area (Å²) in [4.78, 5) is 37.1. The maximum atomic E-state index is 12.8. The van der Waals surface area contributed by atoms with Crippen molar-refractivity contribution in [3.8, 4) is 0 Å². The Bertz CT molecular complexity index is 1340. The summed E-state index contributed by atoms with van der Waals surface area (Å²) in [5.41, 5.74) is 0. The number of likely N-dealkylation sites (N-methyl/N-ethyl adjacent to an activating group) is 1. The summed E-state index contributed by atoms with van der Waals surface area (Å²) in [6.07, 6.45) is 57.6. The first-order valence-electron chi connectivity index (χ1n) is 25.7. The van der Waals surface area contributed by atoms with Crippen LogP contribution in [0.15, 0.2) is 85.1 Å². The van der Waals surface area contributed by atoms with E-state index >= 15 is 0 Å². The van der Waals surface area contributed by atoms with Crippen LogP contribution in [0.2, 0.25) is 0 Å². The van der Waals surface area contributed by atoms with Gasteiger partial charge in [-0.3, -0.25) is 9.59 Å². The lowest BCUT2D eigenvalue weighted by Crippen LogP contribution is -2.44. The summed E-state index contributed by atoms with van der Waals surface area (Å²) in [5.74, 6) is -2.35. The first-order valence-corrected chi connectivity index (χ1v) is 25.7. The van der Waals surface area contributed by atoms with Crippen molar-refractivity contribution in [1.82, 2.24) is 0 Å². The molecule has 0 saturated heterocycles. The predicted octanol–water partition coefficient (Wildman–Crippen LogP) is 13.1. The molecule has 0 rings (SSSR count). The van der Waals surface area contributed by atoms with Crippen LogP contribution in [-0.2, 0) is 33.3 Å². The highest BCUT2D eigenvalue weighted by molar-refractivity contribution is 5.70. The molecule has 0 radical (unpaired) electrons. The number of esters is 2. The lowest BCUT2D eigenvalue weighted by Gasteiger charge is -2.26. The van der Waals surface area contributed by atoms with Gasteiger partial charge in [0, 0.05) is 12.8 Å². The molecular formula is C56H95NO8. The number of carbonyl (C=O) groups excluding carboxylic acids is 3. The molecule has 0 aromatic rings. The zero-order valence-electron chi connectivity index (χ0n) is 42.1. The zero-order chi connectivity index (χ0) is 47.7. The molecule has 0 heterocycles. The van der Waals surface area contributed by atoms with Crippen LogP contribution in [0.3, 0.4) is 0 Å². The number of carboxylic acid groups (broad SMARTS) is 1. The van der Waals surface area contributed by atoms with E-state index in [0.717, 1.165) is 70.6 Å². The fourth-order valence-corrected chi connectivity index (χ4v) is 6.65. The second kappa shape index (κ2) is 47.0. The number of unbranched alkanes of at least 4 members (excludes halogenated alkanes) is 17. The van der Waals surface area contributed by atoms with Gasteiger partial charge in [0.2, 0.25) is 0 Å². The van der Waals surface area contributed by atoms with E-state index in [1.54, 1.807) is 0 Å². The van der Waals surface area contributed by atoms with Gasteiger partial charge in [-0.15, -0.1) is 0 Å². The van der Waals surface area contributed by atoms with Gasteiger partial charge in [-0.2, -0.15) is 0 Å². The Kier molecular flexibility index (Phi) is 44.4. The topological polar surface area (TPSA) is 111 Å². The molecular weight excluding hydrogens is 815 g/mol. The Hall–Kier alpha value is -3.53. The number of ether oxygens (including phenoxy) is 4. The second-order valence-electron chi connectivity index (χ2n) is 18.1. The molecule has 9 nitrogen and oxygen atoms in total. The summed E-state index contributed by atoms with van der Waals surface area (Å²) < 4.78 is 22.6. The van der Waals surface area contributed by atoms with Crippen molar-refractivity contribution in [3.05, 3.63) is 85.1 Å². The van der Waals surface area contributed by atoms with Crippen molar-refractivity contribution in [2.75, 3.05) is 47.5 Å². The van der Waals surface area contributed by atoms with Gasteiger partial charge in [0.15, 0.2) is 12.4 Å². The van der Waals surface area contributed by atoms with Gasteiger partial charge < -0.3 is 33.3 Å². The van der Waals surface area contributed by atoms with Crippen LogP contribution in [0.1, 0.15) is 194 Å². The maximum Gasteiger partial charge on any atom is 0.306 e. The van der Waals surface area contributed by atoms with Crippen molar-refractivity contribution in [2.24, 2.45) is 0 Å². The fraction of sp³-hybridized carbons (Fsp3) is 0.696. The van der Waals surface area contributed by atoms with Crippen molar-refractivity contribution < 1.29 is 42.9 Å². The normalized spacial score (nSPS) is 13.6. The highest BCUT2D eigenvalue weighted by atomic mass is 16.7. The van der Waals surface area contributed by atoms with E-state index in [4.69, 9.17) is 18.9 Å². The molecule has 65 heavy (non-hydrogen) atoms. The van der Waals surface area contributed by atoms with Crippen molar-refractivity contribution >= 4 is 17.9 Å². The van der Waals surface area contributed by atoms with Crippen LogP contribution in [0, 0.1) is 0 Å². The lowest BCUT2D eigenvalue weighted by atomic mass is 10.1.